The van der Waals surface area contributed by atoms with Crippen molar-refractivity contribution in [2.24, 2.45) is 5.92 Å². The Kier molecular flexibility index (Phi) is 5.71. The molecule has 3 atom stereocenters. The highest BCUT2D eigenvalue weighted by atomic mass is 19.1. The van der Waals surface area contributed by atoms with E-state index in [4.69, 9.17) is 0 Å². The van der Waals surface area contributed by atoms with E-state index in [1.165, 1.54) is 19.9 Å². The van der Waals surface area contributed by atoms with Crippen LogP contribution in [0.2, 0.25) is 0 Å². The van der Waals surface area contributed by atoms with Gasteiger partial charge in [0.2, 0.25) is 0 Å². The Balaban J connectivity index is 2.23. The van der Waals surface area contributed by atoms with E-state index in [9.17, 15) is 19.1 Å². The quantitative estimate of drug-likeness (QED) is 0.780. The standard InChI is InChI=1S/C24H26FNO3/c1-14-9-11-17(12-10-14)26-20-13-24(4,29)23(16(3)28)22(21(20)15(2)27)18-7-5-6-8-19(18)25/h5-12,22-23,26,29H,13H2,1-4H3/t22-,23+,24+/m0/s1. The van der Waals surface area contributed by atoms with Crippen LogP contribution in [0, 0.1) is 18.7 Å². The molecule has 0 fully saturated rings. The molecule has 4 nitrogen and oxygen atoms in total. The minimum Gasteiger partial charge on any atom is -0.389 e. The van der Waals surface area contributed by atoms with Crippen LogP contribution in [0.4, 0.5) is 10.1 Å². The van der Waals surface area contributed by atoms with Gasteiger partial charge in [0.15, 0.2) is 5.78 Å². The number of Topliss-reactive ketones (excluding diaryl/α,β-unsaturated/α-hetero) is 2. The number of anilines is 1. The number of halogens is 1. The van der Waals surface area contributed by atoms with Crippen molar-refractivity contribution in [2.45, 2.75) is 45.6 Å². The molecular weight excluding hydrogens is 369 g/mol. The third kappa shape index (κ3) is 4.15. The van der Waals surface area contributed by atoms with Gasteiger partial charge in [0.05, 0.1) is 11.5 Å². The van der Waals surface area contributed by atoms with Gasteiger partial charge in [-0.25, -0.2) is 4.39 Å². The molecule has 2 aromatic rings. The van der Waals surface area contributed by atoms with Crippen LogP contribution in [0.25, 0.3) is 0 Å². The maximum absolute atomic E-state index is 14.8. The summed E-state index contributed by atoms with van der Waals surface area (Å²) in [6.45, 7) is 6.34. The predicted octanol–water partition coefficient (Wildman–Crippen LogP) is 4.53. The fourth-order valence-electron chi connectivity index (χ4n) is 4.37. The molecule has 0 saturated heterocycles. The highest BCUT2D eigenvalue weighted by molar-refractivity contribution is 5.98. The van der Waals surface area contributed by atoms with E-state index in [0.29, 0.717) is 11.3 Å². The van der Waals surface area contributed by atoms with Crippen LogP contribution in [-0.2, 0) is 9.59 Å². The molecule has 0 radical (unpaired) electrons. The SMILES string of the molecule is CC(=O)C1=C(Nc2ccc(C)cc2)C[C@@](C)(O)[C@H](C(C)=O)[C@H]1c1ccccc1F. The highest BCUT2D eigenvalue weighted by Crippen LogP contribution is 2.48. The summed E-state index contributed by atoms with van der Waals surface area (Å²) in [5.74, 6) is -2.84. The van der Waals surface area contributed by atoms with Gasteiger partial charge < -0.3 is 10.4 Å². The molecule has 3 rings (SSSR count). The smallest absolute Gasteiger partial charge is 0.158 e. The number of allylic oxidation sites excluding steroid dienone is 1. The van der Waals surface area contributed by atoms with Crippen molar-refractivity contribution in [3.63, 3.8) is 0 Å². The number of hydrogen-bond acceptors (Lipinski definition) is 4. The monoisotopic (exact) mass is 395 g/mol. The maximum atomic E-state index is 14.8. The summed E-state index contributed by atoms with van der Waals surface area (Å²) in [4.78, 5) is 25.3. The number of benzene rings is 2. The Morgan fingerprint density at radius 2 is 1.72 bits per heavy atom. The number of hydrogen-bond donors (Lipinski definition) is 2. The van der Waals surface area contributed by atoms with Gasteiger partial charge in [0, 0.05) is 29.3 Å². The summed E-state index contributed by atoms with van der Waals surface area (Å²) < 4.78 is 14.8. The van der Waals surface area contributed by atoms with E-state index in [-0.39, 0.29) is 23.6 Å². The molecule has 1 aliphatic carbocycles. The average molecular weight is 395 g/mol. The lowest BCUT2D eigenvalue weighted by Crippen LogP contribution is -2.48. The topological polar surface area (TPSA) is 66.4 Å². The van der Waals surface area contributed by atoms with Crippen molar-refractivity contribution in [2.75, 3.05) is 5.32 Å². The van der Waals surface area contributed by atoms with E-state index in [2.05, 4.69) is 5.32 Å². The molecule has 0 aliphatic heterocycles. The number of carbonyl (C=O) groups is 2. The first-order chi connectivity index (χ1) is 13.6. The van der Waals surface area contributed by atoms with Crippen molar-refractivity contribution >= 4 is 17.3 Å². The number of aryl methyl sites for hydroxylation is 1. The molecule has 2 N–H and O–H groups in total. The number of ketones is 2. The Hall–Kier alpha value is -2.79. The van der Waals surface area contributed by atoms with Crippen molar-refractivity contribution in [1.29, 1.82) is 0 Å². The molecule has 2 aromatic carbocycles. The third-order valence-corrected chi connectivity index (χ3v) is 5.58. The van der Waals surface area contributed by atoms with Gasteiger partial charge in [-0.05, 0) is 51.5 Å². The zero-order chi connectivity index (χ0) is 21.3. The summed E-state index contributed by atoms with van der Waals surface area (Å²) in [5, 5.41) is 14.4. The summed E-state index contributed by atoms with van der Waals surface area (Å²) in [5.41, 5.74) is 1.49. The fourth-order valence-corrected chi connectivity index (χ4v) is 4.37. The first-order valence-corrected chi connectivity index (χ1v) is 9.66. The van der Waals surface area contributed by atoms with Crippen LogP contribution in [-0.4, -0.2) is 22.3 Å². The Morgan fingerprint density at radius 3 is 2.28 bits per heavy atom. The summed E-state index contributed by atoms with van der Waals surface area (Å²) in [6, 6.07) is 13.7. The van der Waals surface area contributed by atoms with Gasteiger partial charge in [-0.2, -0.15) is 0 Å². The van der Waals surface area contributed by atoms with Crippen LogP contribution < -0.4 is 5.32 Å². The van der Waals surface area contributed by atoms with Crippen molar-refractivity contribution < 1.29 is 19.1 Å². The molecule has 0 heterocycles. The van der Waals surface area contributed by atoms with Gasteiger partial charge in [-0.1, -0.05) is 35.9 Å². The van der Waals surface area contributed by atoms with E-state index >= 15 is 0 Å². The molecular formula is C24H26FNO3. The first kappa shape index (κ1) is 20.9. The van der Waals surface area contributed by atoms with E-state index in [1.54, 1.807) is 25.1 Å². The minimum absolute atomic E-state index is 0.0883. The van der Waals surface area contributed by atoms with Crippen LogP contribution in [0.3, 0.4) is 0 Å². The van der Waals surface area contributed by atoms with Gasteiger partial charge in [0.1, 0.15) is 11.6 Å². The molecule has 0 spiro atoms. The maximum Gasteiger partial charge on any atom is 0.158 e. The van der Waals surface area contributed by atoms with Gasteiger partial charge in [-0.15, -0.1) is 0 Å². The molecule has 152 valence electrons. The van der Waals surface area contributed by atoms with Gasteiger partial charge in [-0.3, -0.25) is 9.59 Å². The number of nitrogens with one attached hydrogen (secondary N) is 1. The van der Waals surface area contributed by atoms with Crippen LogP contribution >= 0.6 is 0 Å². The summed E-state index contributed by atoms with van der Waals surface area (Å²) in [7, 11) is 0. The zero-order valence-electron chi connectivity index (χ0n) is 17.1. The molecule has 0 amide bonds. The van der Waals surface area contributed by atoms with Gasteiger partial charge in [0.25, 0.3) is 0 Å². The van der Waals surface area contributed by atoms with Crippen LogP contribution in [0.15, 0.2) is 59.8 Å². The van der Waals surface area contributed by atoms with Crippen molar-refractivity contribution in [3.05, 3.63) is 76.7 Å². The third-order valence-electron chi connectivity index (χ3n) is 5.58. The van der Waals surface area contributed by atoms with Crippen LogP contribution in [0.5, 0.6) is 0 Å². The van der Waals surface area contributed by atoms with Gasteiger partial charge >= 0.3 is 0 Å². The number of aliphatic hydroxyl groups is 1. The molecule has 0 saturated carbocycles. The Labute approximate surface area is 170 Å². The highest BCUT2D eigenvalue weighted by Gasteiger charge is 2.49. The molecule has 0 aromatic heterocycles. The molecule has 1 aliphatic rings. The lowest BCUT2D eigenvalue weighted by atomic mass is 9.63. The van der Waals surface area contributed by atoms with E-state index in [0.717, 1.165) is 11.3 Å². The second-order valence-corrected chi connectivity index (χ2v) is 8.06. The molecule has 29 heavy (non-hydrogen) atoms. The van der Waals surface area contributed by atoms with E-state index in [1.807, 2.05) is 31.2 Å². The van der Waals surface area contributed by atoms with Crippen molar-refractivity contribution in [1.82, 2.24) is 0 Å². The van der Waals surface area contributed by atoms with Crippen molar-refractivity contribution in [3.8, 4) is 0 Å². The summed E-state index contributed by atoms with van der Waals surface area (Å²) >= 11 is 0. The van der Waals surface area contributed by atoms with E-state index < -0.39 is 23.3 Å². The first-order valence-electron chi connectivity index (χ1n) is 9.66. The second kappa shape index (κ2) is 7.91. The average Bonchev–Trinajstić information content (AvgIpc) is 2.62. The fraction of sp³-hybridized carbons (Fsp3) is 0.333. The molecule has 0 bridgehead atoms. The lowest BCUT2D eigenvalue weighted by molar-refractivity contribution is -0.131. The predicted molar refractivity (Wildman–Crippen MR) is 111 cm³/mol. The molecule has 5 heteroatoms. The number of rotatable bonds is 5. The largest absolute Gasteiger partial charge is 0.389 e. The molecule has 0 unspecified atom stereocenters. The Morgan fingerprint density at radius 1 is 1.10 bits per heavy atom. The lowest BCUT2D eigenvalue weighted by Gasteiger charge is -2.43. The second-order valence-electron chi connectivity index (χ2n) is 8.06. The summed E-state index contributed by atoms with van der Waals surface area (Å²) in [6.07, 6.45) is 0.0883. The Bertz CT molecular complexity index is 976. The normalized spacial score (nSPS) is 24.3. The zero-order valence-corrected chi connectivity index (χ0v) is 17.1. The van der Waals surface area contributed by atoms with Crippen LogP contribution in [0.1, 0.15) is 44.2 Å². The number of carbonyl (C=O) groups excluding carboxylic acids is 2. The minimum atomic E-state index is -1.44.